The van der Waals surface area contributed by atoms with Gasteiger partial charge in [0.25, 0.3) is 0 Å². The molecule has 0 spiro atoms. The van der Waals surface area contributed by atoms with E-state index in [9.17, 15) is 9.18 Å². The lowest BCUT2D eigenvalue weighted by atomic mass is 9.81. The first kappa shape index (κ1) is 25.2. The van der Waals surface area contributed by atoms with E-state index in [4.69, 9.17) is 39.5 Å². The van der Waals surface area contributed by atoms with Gasteiger partial charge in [-0.1, -0.05) is 54.7 Å². The molecule has 0 saturated heterocycles. The molecule has 0 amide bonds. The minimum atomic E-state index is -0.533. The van der Waals surface area contributed by atoms with Crippen molar-refractivity contribution >= 4 is 40.6 Å². The number of rotatable bonds is 7. The number of halogens is 4. The van der Waals surface area contributed by atoms with Crippen LogP contribution in [0.4, 0.5) is 4.39 Å². The van der Waals surface area contributed by atoms with Crippen molar-refractivity contribution in [1.82, 2.24) is 9.55 Å². The molecular weight excluding hydrogens is 510 g/mol. The Kier molecular flexibility index (Phi) is 7.22. The standard InChI is InChI=1S/C27H22Cl3FN2O2/c1-16(34)17-4-11-24(23(30)12-17)35-15-26-32-14-25(33(26)20-8-6-19(31)7-9-20)27(2,3)18-5-10-21(28)22(29)13-18/h4-14H,15H2,1-3H3. The van der Waals surface area contributed by atoms with Gasteiger partial charge in [0.15, 0.2) is 11.6 Å². The minimum absolute atomic E-state index is 0.0838. The molecule has 1 heterocycles. The van der Waals surface area contributed by atoms with Crippen LogP contribution in [0.2, 0.25) is 15.1 Å². The Hall–Kier alpha value is -2.86. The van der Waals surface area contributed by atoms with Gasteiger partial charge in [0.05, 0.1) is 20.8 Å². The largest absolute Gasteiger partial charge is 0.484 e. The van der Waals surface area contributed by atoms with Crippen LogP contribution in [0.1, 0.15) is 48.2 Å². The molecular formula is C27H22Cl3FN2O2. The van der Waals surface area contributed by atoms with Crippen LogP contribution in [-0.2, 0) is 12.0 Å². The molecule has 0 fully saturated rings. The summed E-state index contributed by atoms with van der Waals surface area (Å²) >= 11 is 18.8. The fourth-order valence-electron chi connectivity index (χ4n) is 3.82. The summed E-state index contributed by atoms with van der Waals surface area (Å²) in [6, 6.07) is 16.6. The summed E-state index contributed by atoms with van der Waals surface area (Å²) in [6.07, 6.45) is 1.77. The summed E-state index contributed by atoms with van der Waals surface area (Å²) in [5, 5.41) is 1.26. The smallest absolute Gasteiger partial charge is 0.159 e. The number of ketones is 1. The number of nitrogens with zero attached hydrogens (tertiary/aromatic N) is 2. The first-order valence-corrected chi connectivity index (χ1v) is 11.9. The van der Waals surface area contributed by atoms with E-state index in [2.05, 4.69) is 4.98 Å². The predicted molar refractivity (Wildman–Crippen MR) is 138 cm³/mol. The molecule has 0 saturated carbocycles. The van der Waals surface area contributed by atoms with Gasteiger partial charge < -0.3 is 4.74 Å². The minimum Gasteiger partial charge on any atom is -0.484 e. The van der Waals surface area contributed by atoms with E-state index in [-0.39, 0.29) is 18.2 Å². The second-order valence-electron chi connectivity index (χ2n) is 8.62. The van der Waals surface area contributed by atoms with E-state index < -0.39 is 5.41 Å². The van der Waals surface area contributed by atoms with Crippen molar-refractivity contribution < 1.29 is 13.9 Å². The molecule has 0 aliphatic carbocycles. The van der Waals surface area contributed by atoms with Gasteiger partial charge in [0.2, 0.25) is 0 Å². The molecule has 0 bridgehead atoms. The third kappa shape index (κ3) is 5.22. The number of carbonyl (C=O) groups is 1. The average molecular weight is 532 g/mol. The van der Waals surface area contributed by atoms with Gasteiger partial charge in [0, 0.05) is 22.9 Å². The van der Waals surface area contributed by atoms with Crippen LogP contribution in [-0.4, -0.2) is 15.3 Å². The van der Waals surface area contributed by atoms with E-state index in [0.717, 1.165) is 16.9 Å². The zero-order chi connectivity index (χ0) is 25.3. The molecule has 8 heteroatoms. The van der Waals surface area contributed by atoms with Gasteiger partial charge in [-0.2, -0.15) is 0 Å². The summed E-state index contributed by atoms with van der Waals surface area (Å²) in [6.45, 7) is 5.66. The van der Waals surface area contributed by atoms with E-state index in [1.165, 1.54) is 19.1 Å². The van der Waals surface area contributed by atoms with Crippen molar-refractivity contribution in [3.8, 4) is 11.4 Å². The molecule has 4 rings (SSSR count). The van der Waals surface area contributed by atoms with Gasteiger partial charge in [-0.05, 0) is 67.1 Å². The molecule has 0 aliphatic rings. The quantitative estimate of drug-likeness (QED) is 0.226. The Morgan fingerprint density at radius 1 is 0.971 bits per heavy atom. The first-order valence-electron chi connectivity index (χ1n) is 10.8. The number of benzene rings is 3. The van der Waals surface area contributed by atoms with Crippen LogP contribution in [0, 0.1) is 5.82 Å². The molecule has 35 heavy (non-hydrogen) atoms. The van der Waals surface area contributed by atoms with Crippen molar-refractivity contribution in [3.05, 3.63) is 110 Å². The predicted octanol–water partition coefficient (Wildman–Crippen LogP) is 8.08. The third-order valence-corrected chi connectivity index (χ3v) is 6.93. The summed E-state index contributed by atoms with van der Waals surface area (Å²) in [7, 11) is 0. The van der Waals surface area contributed by atoms with Crippen molar-refractivity contribution in [2.75, 3.05) is 0 Å². The summed E-state index contributed by atoms with van der Waals surface area (Å²) in [5.41, 5.74) is 2.48. The zero-order valence-electron chi connectivity index (χ0n) is 19.3. The molecule has 1 aromatic heterocycles. The normalized spacial score (nSPS) is 11.5. The van der Waals surface area contributed by atoms with Crippen molar-refractivity contribution in [2.45, 2.75) is 32.8 Å². The number of carbonyl (C=O) groups excluding carboxylic acids is 1. The number of aromatic nitrogens is 2. The molecule has 0 radical (unpaired) electrons. The van der Waals surface area contributed by atoms with Gasteiger partial charge in [-0.3, -0.25) is 9.36 Å². The lowest BCUT2D eigenvalue weighted by molar-refractivity contribution is 0.101. The number of Topliss-reactive ketones (excluding diaryl/α,β-unsaturated/α-hetero) is 1. The number of hydrogen-bond acceptors (Lipinski definition) is 3. The van der Waals surface area contributed by atoms with Crippen LogP contribution in [0.25, 0.3) is 5.69 Å². The first-order chi connectivity index (χ1) is 16.6. The maximum absolute atomic E-state index is 13.7. The summed E-state index contributed by atoms with van der Waals surface area (Å²) in [4.78, 5) is 16.2. The molecule has 0 N–H and O–H groups in total. The Balaban J connectivity index is 1.75. The Morgan fingerprint density at radius 3 is 2.31 bits per heavy atom. The molecule has 0 unspecified atom stereocenters. The fraction of sp³-hybridized carbons (Fsp3) is 0.185. The van der Waals surface area contributed by atoms with E-state index >= 15 is 0 Å². The summed E-state index contributed by atoms with van der Waals surface area (Å²) < 4.78 is 21.6. The number of imidazole rings is 1. The van der Waals surface area contributed by atoms with Gasteiger partial charge >= 0.3 is 0 Å². The molecule has 4 aromatic rings. The Bertz CT molecular complexity index is 1400. The Morgan fingerprint density at radius 2 is 1.69 bits per heavy atom. The van der Waals surface area contributed by atoms with Gasteiger partial charge in [-0.25, -0.2) is 9.37 Å². The SMILES string of the molecule is CC(=O)c1ccc(OCc2ncc(C(C)(C)c3ccc(Cl)c(Cl)c3)n2-c2ccc(F)cc2)c(Cl)c1. The lowest BCUT2D eigenvalue weighted by Crippen LogP contribution is -2.24. The highest BCUT2D eigenvalue weighted by molar-refractivity contribution is 6.42. The molecule has 4 nitrogen and oxygen atoms in total. The Labute approximate surface area is 218 Å². The molecule has 3 aromatic carbocycles. The molecule has 0 atom stereocenters. The fourth-order valence-corrected chi connectivity index (χ4v) is 4.36. The van der Waals surface area contributed by atoms with Gasteiger partial charge in [0.1, 0.15) is 18.2 Å². The topological polar surface area (TPSA) is 44.1 Å². The monoisotopic (exact) mass is 530 g/mol. The average Bonchev–Trinajstić information content (AvgIpc) is 3.25. The highest BCUT2D eigenvalue weighted by Gasteiger charge is 2.30. The van der Waals surface area contributed by atoms with Crippen LogP contribution in [0.3, 0.4) is 0 Å². The van der Waals surface area contributed by atoms with Gasteiger partial charge in [-0.15, -0.1) is 0 Å². The third-order valence-electron chi connectivity index (χ3n) is 5.90. The van der Waals surface area contributed by atoms with Crippen LogP contribution in [0.15, 0.2) is 66.9 Å². The highest BCUT2D eigenvalue weighted by Crippen LogP contribution is 2.37. The second kappa shape index (κ2) is 10.0. The number of ether oxygens (including phenoxy) is 1. The van der Waals surface area contributed by atoms with Crippen LogP contribution < -0.4 is 4.74 Å². The van der Waals surface area contributed by atoms with Crippen molar-refractivity contribution in [3.63, 3.8) is 0 Å². The summed E-state index contributed by atoms with van der Waals surface area (Å²) in [5.74, 6) is 0.593. The van der Waals surface area contributed by atoms with Crippen molar-refractivity contribution in [2.24, 2.45) is 0 Å². The lowest BCUT2D eigenvalue weighted by Gasteiger charge is -2.28. The highest BCUT2D eigenvalue weighted by atomic mass is 35.5. The van der Waals surface area contributed by atoms with E-state index in [1.54, 1.807) is 42.6 Å². The number of hydrogen-bond donors (Lipinski definition) is 0. The molecule has 180 valence electrons. The zero-order valence-corrected chi connectivity index (χ0v) is 21.5. The second-order valence-corrected chi connectivity index (χ2v) is 9.84. The van der Waals surface area contributed by atoms with E-state index in [1.807, 2.05) is 30.5 Å². The maximum Gasteiger partial charge on any atom is 0.159 e. The molecule has 0 aliphatic heterocycles. The van der Waals surface area contributed by atoms with E-state index in [0.29, 0.717) is 32.2 Å². The van der Waals surface area contributed by atoms with Crippen molar-refractivity contribution in [1.29, 1.82) is 0 Å². The van der Waals surface area contributed by atoms with Crippen LogP contribution in [0.5, 0.6) is 5.75 Å². The van der Waals surface area contributed by atoms with Crippen LogP contribution >= 0.6 is 34.8 Å². The maximum atomic E-state index is 13.7.